The summed E-state index contributed by atoms with van der Waals surface area (Å²) < 4.78 is 1.11. The number of aromatic nitrogens is 5. The van der Waals surface area contributed by atoms with Crippen LogP contribution in [0.25, 0.3) is 0 Å². The SMILES string of the molecule is CC(=O)Nc1cnn(CC(=O)n2cc(N)cn2)n1. The Kier molecular flexibility index (Phi) is 3.04. The van der Waals surface area contributed by atoms with Crippen LogP contribution < -0.4 is 11.1 Å². The van der Waals surface area contributed by atoms with E-state index in [2.05, 4.69) is 20.6 Å². The van der Waals surface area contributed by atoms with Gasteiger partial charge in [-0.05, 0) is 0 Å². The van der Waals surface area contributed by atoms with Gasteiger partial charge in [0, 0.05) is 6.92 Å². The first-order chi connectivity index (χ1) is 8.54. The summed E-state index contributed by atoms with van der Waals surface area (Å²) >= 11 is 0. The molecule has 18 heavy (non-hydrogen) atoms. The third-order valence-corrected chi connectivity index (χ3v) is 1.98. The number of nitrogens with two attached hydrogens (primary N) is 1. The van der Waals surface area contributed by atoms with Crippen LogP contribution in [0.4, 0.5) is 11.5 Å². The highest BCUT2D eigenvalue weighted by Gasteiger charge is 2.10. The molecule has 2 aromatic rings. The molecule has 0 atom stereocenters. The number of rotatable bonds is 3. The average molecular weight is 249 g/mol. The Labute approximate surface area is 102 Å². The van der Waals surface area contributed by atoms with Gasteiger partial charge in [0.15, 0.2) is 5.82 Å². The maximum Gasteiger partial charge on any atom is 0.270 e. The lowest BCUT2D eigenvalue weighted by atomic mass is 10.6. The Morgan fingerprint density at radius 2 is 2.17 bits per heavy atom. The molecule has 3 N–H and O–H groups in total. The topological polar surface area (TPSA) is 121 Å². The number of carbonyl (C=O) groups is 2. The molecule has 1 amide bonds. The molecule has 0 aliphatic rings. The molecule has 0 spiro atoms. The van der Waals surface area contributed by atoms with Gasteiger partial charge in [-0.15, -0.1) is 5.10 Å². The summed E-state index contributed by atoms with van der Waals surface area (Å²) in [6.07, 6.45) is 4.13. The second-order valence-corrected chi connectivity index (χ2v) is 3.55. The van der Waals surface area contributed by atoms with Crippen LogP contribution in [0.3, 0.4) is 0 Å². The van der Waals surface area contributed by atoms with E-state index in [4.69, 9.17) is 5.73 Å². The van der Waals surface area contributed by atoms with E-state index in [1.165, 1.54) is 25.5 Å². The second-order valence-electron chi connectivity index (χ2n) is 3.55. The van der Waals surface area contributed by atoms with Gasteiger partial charge in [-0.1, -0.05) is 0 Å². The zero-order valence-electron chi connectivity index (χ0n) is 9.57. The Morgan fingerprint density at radius 3 is 2.78 bits per heavy atom. The van der Waals surface area contributed by atoms with Gasteiger partial charge in [0.05, 0.1) is 24.3 Å². The van der Waals surface area contributed by atoms with Gasteiger partial charge < -0.3 is 11.1 Å². The van der Waals surface area contributed by atoms with Crippen molar-refractivity contribution in [2.24, 2.45) is 0 Å². The minimum atomic E-state index is -0.336. The van der Waals surface area contributed by atoms with E-state index in [9.17, 15) is 9.59 Å². The molecule has 9 nitrogen and oxygen atoms in total. The van der Waals surface area contributed by atoms with Gasteiger partial charge in [0.25, 0.3) is 5.91 Å². The molecule has 2 heterocycles. The monoisotopic (exact) mass is 249 g/mol. The van der Waals surface area contributed by atoms with E-state index in [-0.39, 0.29) is 24.2 Å². The first-order valence-electron chi connectivity index (χ1n) is 5.05. The maximum atomic E-state index is 11.7. The highest BCUT2D eigenvalue weighted by atomic mass is 16.2. The number of amides is 1. The van der Waals surface area contributed by atoms with Crippen LogP contribution in [0.2, 0.25) is 0 Å². The standard InChI is InChI=1S/C9H11N7O2/c1-6(17)13-8-3-12-16(14-8)5-9(18)15-4-7(10)2-11-15/h2-4H,5,10H2,1H3,(H,13,14,17). The summed E-state index contributed by atoms with van der Waals surface area (Å²) in [5.74, 6) is -0.305. The Hall–Kier alpha value is -2.71. The fourth-order valence-corrected chi connectivity index (χ4v) is 1.28. The molecule has 0 bridgehead atoms. The molecular weight excluding hydrogens is 238 g/mol. The van der Waals surface area contributed by atoms with E-state index >= 15 is 0 Å². The number of nitrogens with one attached hydrogen (secondary N) is 1. The van der Waals surface area contributed by atoms with Crippen molar-refractivity contribution in [3.8, 4) is 0 Å². The van der Waals surface area contributed by atoms with E-state index < -0.39 is 0 Å². The zero-order valence-corrected chi connectivity index (χ0v) is 9.57. The summed E-state index contributed by atoms with van der Waals surface area (Å²) in [6, 6.07) is 0. The normalized spacial score (nSPS) is 10.3. The molecule has 0 fully saturated rings. The average Bonchev–Trinajstić information content (AvgIpc) is 2.87. The van der Waals surface area contributed by atoms with Crippen LogP contribution in [0.15, 0.2) is 18.6 Å². The van der Waals surface area contributed by atoms with Crippen molar-refractivity contribution in [3.05, 3.63) is 18.6 Å². The molecule has 94 valence electrons. The van der Waals surface area contributed by atoms with Crippen molar-refractivity contribution < 1.29 is 9.59 Å². The predicted molar refractivity (Wildman–Crippen MR) is 61.6 cm³/mol. The minimum absolute atomic E-state index is 0.0965. The van der Waals surface area contributed by atoms with Crippen LogP contribution in [0.5, 0.6) is 0 Å². The molecule has 0 aliphatic heterocycles. The summed E-state index contributed by atoms with van der Waals surface area (Å²) in [4.78, 5) is 23.7. The molecule has 0 saturated carbocycles. The van der Waals surface area contributed by atoms with Crippen LogP contribution in [0.1, 0.15) is 11.7 Å². The molecule has 0 unspecified atom stereocenters. The maximum absolute atomic E-state index is 11.7. The first kappa shape index (κ1) is 11.8. The Balaban J connectivity index is 2.03. The molecule has 0 radical (unpaired) electrons. The van der Waals surface area contributed by atoms with Crippen molar-refractivity contribution in [3.63, 3.8) is 0 Å². The van der Waals surface area contributed by atoms with E-state index in [0.29, 0.717) is 5.69 Å². The fraction of sp³-hybridized carbons (Fsp3) is 0.222. The van der Waals surface area contributed by atoms with E-state index in [0.717, 1.165) is 9.48 Å². The van der Waals surface area contributed by atoms with E-state index in [1.807, 2.05) is 0 Å². The van der Waals surface area contributed by atoms with Gasteiger partial charge >= 0.3 is 0 Å². The van der Waals surface area contributed by atoms with Crippen molar-refractivity contribution in [1.29, 1.82) is 0 Å². The molecule has 2 aromatic heterocycles. The number of nitrogens with zero attached hydrogens (tertiary/aromatic N) is 5. The number of hydrogen-bond donors (Lipinski definition) is 2. The molecule has 2 rings (SSSR count). The van der Waals surface area contributed by atoms with Crippen LogP contribution in [-0.2, 0) is 11.3 Å². The third kappa shape index (κ3) is 2.70. The van der Waals surface area contributed by atoms with Gasteiger partial charge in [0.2, 0.25) is 5.91 Å². The first-order valence-corrected chi connectivity index (χ1v) is 5.05. The quantitative estimate of drug-likeness (QED) is 0.746. The van der Waals surface area contributed by atoms with Gasteiger partial charge in [0.1, 0.15) is 6.54 Å². The smallest absolute Gasteiger partial charge is 0.270 e. The minimum Gasteiger partial charge on any atom is -0.396 e. The Bertz CT molecular complexity index is 585. The van der Waals surface area contributed by atoms with Crippen molar-refractivity contribution in [2.75, 3.05) is 11.1 Å². The molecular formula is C9H11N7O2. The lowest BCUT2D eigenvalue weighted by Gasteiger charge is -1.99. The number of hydrogen-bond acceptors (Lipinski definition) is 6. The second kappa shape index (κ2) is 4.65. The van der Waals surface area contributed by atoms with Gasteiger partial charge in [-0.25, -0.2) is 4.68 Å². The largest absolute Gasteiger partial charge is 0.396 e. The Morgan fingerprint density at radius 1 is 1.39 bits per heavy atom. The van der Waals surface area contributed by atoms with Crippen molar-refractivity contribution >= 4 is 23.3 Å². The number of carbonyl (C=O) groups excluding carboxylic acids is 2. The third-order valence-electron chi connectivity index (χ3n) is 1.98. The number of anilines is 2. The summed E-state index contributed by atoms with van der Waals surface area (Å²) in [7, 11) is 0. The zero-order chi connectivity index (χ0) is 13.1. The highest BCUT2D eigenvalue weighted by Crippen LogP contribution is 2.01. The van der Waals surface area contributed by atoms with Gasteiger partial charge in [-0.2, -0.15) is 15.0 Å². The lowest BCUT2D eigenvalue weighted by molar-refractivity contribution is -0.114. The summed E-state index contributed by atoms with van der Waals surface area (Å²) in [5, 5.41) is 14.0. The lowest BCUT2D eigenvalue weighted by Crippen LogP contribution is -2.20. The van der Waals surface area contributed by atoms with Crippen LogP contribution >= 0.6 is 0 Å². The summed E-state index contributed by atoms with van der Waals surface area (Å²) in [5.41, 5.74) is 5.85. The molecule has 0 aliphatic carbocycles. The van der Waals surface area contributed by atoms with Gasteiger partial charge in [-0.3, -0.25) is 9.59 Å². The highest BCUT2D eigenvalue weighted by molar-refractivity contribution is 5.87. The molecule has 0 aromatic carbocycles. The van der Waals surface area contributed by atoms with Crippen molar-refractivity contribution in [1.82, 2.24) is 24.8 Å². The fourth-order valence-electron chi connectivity index (χ4n) is 1.28. The predicted octanol–water partition coefficient (Wildman–Crippen LogP) is -0.644. The number of nitrogen functional groups attached to an aromatic ring is 1. The van der Waals surface area contributed by atoms with Crippen LogP contribution in [-0.4, -0.2) is 36.6 Å². The van der Waals surface area contributed by atoms with Crippen LogP contribution in [0, 0.1) is 0 Å². The summed E-state index contributed by atoms with van der Waals surface area (Å²) in [6.45, 7) is 1.26. The van der Waals surface area contributed by atoms with E-state index in [1.54, 1.807) is 0 Å². The molecule has 9 heteroatoms. The van der Waals surface area contributed by atoms with Crippen molar-refractivity contribution in [2.45, 2.75) is 13.5 Å². The molecule has 0 saturated heterocycles.